The average molecular weight is 323 g/mol. The smallest absolute Gasteiger partial charge is 0.271 e. The highest BCUT2D eigenvalue weighted by molar-refractivity contribution is 7.94. The first kappa shape index (κ1) is 13.6. The minimum absolute atomic E-state index is 0.154. The number of sulfonamides is 1. The maximum absolute atomic E-state index is 12.0. The molecule has 0 unspecified atom stereocenters. The van der Waals surface area contributed by atoms with Gasteiger partial charge in [-0.05, 0) is 31.2 Å². The molecule has 0 fully saturated rings. The van der Waals surface area contributed by atoms with E-state index in [2.05, 4.69) is 9.71 Å². The number of nitrogens with one attached hydrogen (secondary N) is 1. The number of pyridine rings is 1. The summed E-state index contributed by atoms with van der Waals surface area (Å²) in [5.41, 5.74) is 0.901. The predicted molar refractivity (Wildman–Crippen MR) is 74.1 cm³/mol. The second-order valence-electron chi connectivity index (χ2n) is 3.43. The summed E-state index contributed by atoms with van der Waals surface area (Å²) in [6, 6.07) is 6.08. The van der Waals surface area contributed by atoms with Gasteiger partial charge in [0.2, 0.25) is 0 Å². The second kappa shape index (κ2) is 5.05. The van der Waals surface area contributed by atoms with Gasteiger partial charge in [-0.1, -0.05) is 23.2 Å². The Morgan fingerprint density at radius 1 is 1.22 bits per heavy atom. The van der Waals surface area contributed by atoms with Crippen molar-refractivity contribution in [2.75, 3.05) is 4.72 Å². The molecule has 0 bridgehead atoms. The first-order valence-electron chi connectivity index (χ1n) is 4.80. The summed E-state index contributed by atoms with van der Waals surface area (Å²) < 4.78 is 27.1. The van der Waals surface area contributed by atoms with Crippen LogP contribution in [0.4, 0.5) is 5.69 Å². The van der Waals surface area contributed by atoms with Gasteiger partial charge in [0.15, 0.2) is 0 Å². The molecule has 0 aromatic carbocycles. The number of nitrogens with zero attached hydrogens (tertiary/aromatic N) is 1. The Morgan fingerprint density at radius 2 is 1.94 bits per heavy atom. The van der Waals surface area contributed by atoms with Crippen LogP contribution in [0.15, 0.2) is 28.5 Å². The van der Waals surface area contributed by atoms with Crippen molar-refractivity contribution in [2.24, 2.45) is 0 Å². The quantitative estimate of drug-likeness (QED) is 0.879. The maximum atomic E-state index is 12.0. The fraction of sp³-hybridized carbons (Fsp3) is 0.100. The third kappa shape index (κ3) is 2.95. The van der Waals surface area contributed by atoms with Crippen molar-refractivity contribution in [1.82, 2.24) is 4.98 Å². The highest BCUT2D eigenvalue weighted by atomic mass is 35.5. The van der Waals surface area contributed by atoms with Crippen LogP contribution >= 0.6 is 34.5 Å². The predicted octanol–water partition coefficient (Wildman–Crippen LogP) is 3.56. The number of aryl methyl sites for hydroxylation is 1. The van der Waals surface area contributed by atoms with Gasteiger partial charge in [0, 0.05) is 0 Å². The van der Waals surface area contributed by atoms with Crippen LogP contribution in [0.1, 0.15) is 5.69 Å². The molecule has 2 heterocycles. The van der Waals surface area contributed by atoms with Gasteiger partial charge in [0.05, 0.1) is 15.7 Å². The molecule has 0 aliphatic heterocycles. The zero-order valence-corrected chi connectivity index (χ0v) is 12.3. The monoisotopic (exact) mass is 322 g/mol. The molecule has 0 amide bonds. The Bertz CT molecular complexity index is 683. The summed E-state index contributed by atoms with van der Waals surface area (Å²) in [6.07, 6.45) is 0. The zero-order chi connectivity index (χ0) is 13.3. The molecule has 8 heteroatoms. The first-order valence-corrected chi connectivity index (χ1v) is 7.85. The number of hydrogen-bond donors (Lipinski definition) is 1. The van der Waals surface area contributed by atoms with Crippen LogP contribution in [0.2, 0.25) is 9.49 Å². The van der Waals surface area contributed by atoms with Crippen molar-refractivity contribution in [3.63, 3.8) is 0 Å². The van der Waals surface area contributed by atoms with Crippen LogP contribution in [0.3, 0.4) is 0 Å². The maximum Gasteiger partial charge on any atom is 0.271 e. The van der Waals surface area contributed by atoms with Crippen molar-refractivity contribution in [1.29, 1.82) is 0 Å². The zero-order valence-electron chi connectivity index (χ0n) is 9.15. The van der Waals surface area contributed by atoms with Crippen molar-refractivity contribution >= 4 is 50.2 Å². The normalized spacial score (nSPS) is 11.5. The topological polar surface area (TPSA) is 59.1 Å². The Labute approximate surface area is 119 Å². The number of hydrogen-bond acceptors (Lipinski definition) is 4. The number of anilines is 1. The molecule has 0 atom stereocenters. The number of rotatable bonds is 3. The lowest BCUT2D eigenvalue weighted by molar-refractivity contribution is 0.603. The lowest BCUT2D eigenvalue weighted by Gasteiger charge is -2.08. The van der Waals surface area contributed by atoms with E-state index >= 15 is 0 Å². The molecule has 0 saturated heterocycles. The average Bonchev–Trinajstić information content (AvgIpc) is 2.70. The largest absolute Gasteiger partial charge is 0.277 e. The molecule has 2 rings (SSSR count). The second-order valence-corrected chi connectivity index (χ2v) is 7.44. The summed E-state index contributed by atoms with van der Waals surface area (Å²) in [4.78, 5) is 3.97. The van der Waals surface area contributed by atoms with Gasteiger partial charge in [0.25, 0.3) is 10.0 Å². The molecule has 0 saturated carbocycles. The lowest BCUT2D eigenvalue weighted by Crippen LogP contribution is -2.12. The van der Waals surface area contributed by atoms with E-state index in [0.717, 1.165) is 11.3 Å². The molecule has 2 aromatic heterocycles. The Balaban J connectivity index is 2.33. The van der Waals surface area contributed by atoms with Crippen molar-refractivity contribution in [2.45, 2.75) is 11.1 Å². The van der Waals surface area contributed by atoms with Gasteiger partial charge in [-0.25, -0.2) is 13.4 Å². The molecule has 0 radical (unpaired) electrons. The van der Waals surface area contributed by atoms with Gasteiger partial charge >= 0.3 is 0 Å². The van der Waals surface area contributed by atoms with E-state index in [1.54, 1.807) is 13.0 Å². The standard InChI is InChI=1S/C10H8Cl2N2O2S2/c1-6-7(2-3-8(11)13-6)14-18(15,16)10-5-4-9(12)17-10/h2-5,14H,1H3. The third-order valence-electron chi connectivity index (χ3n) is 2.11. The third-order valence-corrected chi connectivity index (χ3v) is 5.41. The number of thiophene rings is 1. The molecule has 4 nitrogen and oxygen atoms in total. The van der Waals surface area contributed by atoms with Crippen molar-refractivity contribution in [3.8, 4) is 0 Å². The first-order chi connectivity index (χ1) is 8.38. The van der Waals surface area contributed by atoms with E-state index in [1.165, 1.54) is 18.2 Å². The van der Waals surface area contributed by atoms with Crippen LogP contribution in [0, 0.1) is 6.92 Å². The Morgan fingerprint density at radius 3 is 2.50 bits per heavy atom. The summed E-state index contributed by atoms with van der Waals surface area (Å²) in [6.45, 7) is 1.67. The molecule has 0 spiro atoms. The van der Waals surface area contributed by atoms with E-state index in [0.29, 0.717) is 20.9 Å². The molecule has 0 aliphatic carbocycles. The summed E-state index contributed by atoms with van der Waals surface area (Å²) in [7, 11) is -3.63. The van der Waals surface area contributed by atoms with Gasteiger partial charge in [-0.2, -0.15) is 0 Å². The molecular formula is C10H8Cl2N2O2S2. The number of aromatic nitrogens is 1. The fourth-order valence-electron chi connectivity index (χ4n) is 1.28. The minimum Gasteiger partial charge on any atom is -0.277 e. The summed E-state index contributed by atoms with van der Waals surface area (Å²) in [5, 5.41) is 0.314. The minimum atomic E-state index is -3.63. The Kier molecular flexibility index (Phi) is 3.82. The molecule has 1 N–H and O–H groups in total. The van der Waals surface area contributed by atoms with E-state index < -0.39 is 10.0 Å². The number of halogens is 2. The van der Waals surface area contributed by atoms with E-state index in [4.69, 9.17) is 23.2 Å². The summed E-state index contributed by atoms with van der Waals surface area (Å²) in [5.74, 6) is 0. The van der Waals surface area contributed by atoms with Crippen LogP contribution in [0.5, 0.6) is 0 Å². The van der Waals surface area contributed by atoms with Crippen LogP contribution in [-0.2, 0) is 10.0 Å². The van der Waals surface area contributed by atoms with Crippen LogP contribution in [0.25, 0.3) is 0 Å². The van der Waals surface area contributed by atoms with Gasteiger partial charge in [0.1, 0.15) is 9.36 Å². The molecule has 0 aliphatic rings. The SMILES string of the molecule is Cc1nc(Cl)ccc1NS(=O)(=O)c1ccc(Cl)s1. The highest BCUT2D eigenvalue weighted by Gasteiger charge is 2.17. The summed E-state index contributed by atoms with van der Waals surface area (Å²) >= 11 is 12.4. The molecular weight excluding hydrogens is 315 g/mol. The van der Waals surface area contributed by atoms with E-state index in [1.807, 2.05) is 0 Å². The molecule has 2 aromatic rings. The van der Waals surface area contributed by atoms with Crippen LogP contribution in [-0.4, -0.2) is 13.4 Å². The van der Waals surface area contributed by atoms with E-state index in [-0.39, 0.29) is 4.21 Å². The highest BCUT2D eigenvalue weighted by Crippen LogP contribution is 2.28. The lowest BCUT2D eigenvalue weighted by atomic mass is 10.3. The molecule has 18 heavy (non-hydrogen) atoms. The van der Waals surface area contributed by atoms with E-state index in [9.17, 15) is 8.42 Å². The Hall–Kier alpha value is -0.820. The molecule has 96 valence electrons. The van der Waals surface area contributed by atoms with Crippen molar-refractivity contribution in [3.05, 3.63) is 39.4 Å². The van der Waals surface area contributed by atoms with Crippen LogP contribution < -0.4 is 4.72 Å². The van der Waals surface area contributed by atoms with Gasteiger partial charge < -0.3 is 0 Å². The van der Waals surface area contributed by atoms with Crippen molar-refractivity contribution < 1.29 is 8.42 Å². The van der Waals surface area contributed by atoms with Gasteiger partial charge in [-0.15, -0.1) is 11.3 Å². The van der Waals surface area contributed by atoms with Gasteiger partial charge in [-0.3, -0.25) is 4.72 Å². The fourth-order valence-corrected chi connectivity index (χ4v) is 4.07.